The van der Waals surface area contributed by atoms with Crippen molar-refractivity contribution in [3.05, 3.63) is 35.9 Å². The van der Waals surface area contributed by atoms with Crippen molar-refractivity contribution < 1.29 is 14.7 Å². The van der Waals surface area contributed by atoms with E-state index in [1.54, 1.807) is 0 Å². The Kier molecular flexibility index (Phi) is 4.51. The van der Waals surface area contributed by atoms with Crippen LogP contribution in [-0.4, -0.2) is 23.4 Å². The van der Waals surface area contributed by atoms with Gasteiger partial charge in [-0.25, -0.2) is 4.79 Å². The second-order valence-electron chi connectivity index (χ2n) is 3.66. The second-order valence-corrected chi connectivity index (χ2v) is 3.66. The Balaban J connectivity index is 2.79. The molecule has 0 spiro atoms. The number of benzene rings is 1. The monoisotopic (exact) mass is 221 g/mol. The molecule has 0 atom stereocenters. The fraction of sp³-hybridized carbons (Fsp3) is 0.333. The van der Waals surface area contributed by atoms with E-state index in [1.165, 1.54) is 0 Å². The number of nitrogens with zero attached hydrogens (tertiary/aromatic N) is 1. The van der Waals surface area contributed by atoms with E-state index in [-0.39, 0.29) is 5.92 Å². The minimum absolute atomic E-state index is 0.177. The van der Waals surface area contributed by atoms with Crippen molar-refractivity contribution in [3.8, 4) is 0 Å². The quantitative estimate of drug-likeness (QED) is 0.612. The van der Waals surface area contributed by atoms with Crippen LogP contribution in [0.2, 0.25) is 0 Å². The van der Waals surface area contributed by atoms with E-state index in [0.29, 0.717) is 0 Å². The zero-order valence-corrected chi connectivity index (χ0v) is 9.38. The molecule has 4 nitrogen and oxygen atoms in total. The first-order valence-electron chi connectivity index (χ1n) is 5.08. The molecule has 0 saturated heterocycles. The van der Waals surface area contributed by atoms with E-state index in [1.807, 2.05) is 44.2 Å². The molecule has 1 aromatic carbocycles. The number of oxime groups is 1. The van der Waals surface area contributed by atoms with Gasteiger partial charge in [0, 0.05) is 0 Å². The lowest BCUT2D eigenvalue weighted by atomic mass is 10.0. The lowest BCUT2D eigenvalue weighted by molar-refractivity contribution is -0.142. The summed E-state index contributed by atoms with van der Waals surface area (Å²) in [5.41, 5.74) is 1.70. The van der Waals surface area contributed by atoms with Gasteiger partial charge in [0.05, 0.1) is 5.71 Å². The van der Waals surface area contributed by atoms with Crippen LogP contribution >= 0.6 is 0 Å². The zero-order chi connectivity index (χ0) is 12.0. The smallest absolute Gasteiger partial charge is 0.344 e. The van der Waals surface area contributed by atoms with E-state index in [9.17, 15) is 4.79 Å². The highest BCUT2D eigenvalue weighted by Gasteiger charge is 2.09. The van der Waals surface area contributed by atoms with Crippen LogP contribution in [0, 0.1) is 5.92 Å². The van der Waals surface area contributed by atoms with E-state index in [0.717, 1.165) is 11.3 Å². The van der Waals surface area contributed by atoms with Gasteiger partial charge in [0.2, 0.25) is 6.61 Å². The largest absolute Gasteiger partial charge is 0.479 e. The average Bonchev–Trinajstić information content (AvgIpc) is 2.25. The summed E-state index contributed by atoms with van der Waals surface area (Å²) >= 11 is 0. The second kappa shape index (κ2) is 5.90. The standard InChI is InChI=1S/C12H15NO3/c1-9(2)12(13-16-8-11(14)15)10-6-4-3-5-7-10/h3-7,9H,8H2,1-2H3,(H,14,15). The Bertz CT molecular complexity index is 371. The minimum atomic E-state index is -1.03. The first-order chi connectivity index (χ1) is 7.61. The van der Waals surface area contributed by atoms with Crippen LogP contribution in [0.25, 0.3) is 0 Å². The van der Waals surface area contributed by atoms with Gasteiger partial charge in [0.15, 0.2) is 0 Å². The molecule has 0 radical (unpaired) electrons. The Hall–Kier alpha value is -1.84. The SMILES string of the molecule is CC(C)C(=NOCC(=O)O)c1ccccc1. The zero-order valence-electron chi connectivity index (χ0n) is 9.38. The molecule has 0 amide bonds. The van der Waals surface area contributed by atoms with Gasteiger partial charge in [-0.2, -0.15) is 0 Å². The van der Waals surface area contributed by atoms with Crippen LogP contribution in [0.1, 0.15) is 19.4 Å². The highest BCUT2D eigenvalue weighted by atomic mass is 16.6. The molecular weight excluding hydrogens is 206 g/mol. The van der Waals surface area contributed by atoms with Gasteiger partial charge in [-0.15, -0.1) is 0 Å². The molecule has 0 fully saturated rings. The van der Waals surface area contributed by atoms with E-state index in [2.05, 4.69) is 5.16 Å². The molecule has 1 rings (SSSR count). The first kappa shape index (κ1) is 12.2. The molecule has 4 heteroatoms. The lowest BCUT2D eigenvalue weighted by Crippen LogP contribution is -2.12. The summed E-state index contributed by atoms with van der Waals surface area (Å²) in [7, 11) is 0. The van der Waals surface area contributed by atoms with Crippen LogP contribution in [-0.2, 0) is 9.63 Å². The summed E-state index contributed by atoms with van der Waals surface area (Å²) in [6, 6.07) is 9.57. The normalized spacial score (nSPS) is 11.6. The van der Waals surface area contributed by atoms with Crippen LogP contribution in [0.15, 0.2) is 35.5 Å². The molecule has 0 aromatic heterocycles. The van der Waals surface area contributed by atoms with Crippen molar-refractivity contribution in [1.82, 2.24) is 0 Å². The number of carboxylic acid groups (broad SMARTS) is 1. The van der Waals surface area contributed by atoms with Crippen molar-refractivity contribution in [2.24, 2.45) is 11.1 Å². The minimum Gasteiger partial charge on any atom is -0.479 e. The summed E-state index contributed by atoms with van der Waals surface area (Å²) in [4.78, 5) is 15.1. The third kappa shape index (κ3) is 3.73. The molecule has 86 valence electrons. The maximum atomic E-state index is 10.3. The molecule has 16 heavy (non-hydrogen) atoms. The number of hydrogen-bond acceptors (Lipinski definition) is 3. The topological polar surface area (TPSA) is 58.9 Å². The molecule has 0 heterocycles. The van der Waals surface area contributed by atoms with Crippen molar-refractivity contribution in [2.75, 3.05) is 6.61 Å². The predicted molar refractivity (Wildman–Crippen MR) is 61.4 cm³/mol. The van der Waals surface area contributed by atoms with Crippen molar-refractivity contribution in [2.45, 2.75) is 13.8 Å². The fourth-order valence-electron chi connectivity index (χ4n) is 1.26. The van der Waals surface area contributed by atoms with Crippen LogP contribution in [0.5, 0.6) is 0 Å². The van der Waals surface area contributed by atoms with Crippen molar-refractivity contribution in [3.63, 3.8) is 0 Å². The Morgan fingerprint density at radius 1 is 1.38 bits per heavy atom. The van der Waals surface area contributed by atoms with Crippen molar-refractivity contribution in [1.29, 1.82) is 0 Å². The maximum absolute atomic E-state index is 10.3. The van der Waals surface area contributed by atoms with Gasteiger partial charge in [0.1, 0.15) is 0 Å². The van der Waals surface area contributed by atoms with Crippen LogP contribution in [0.4, 0.5) is 0 Å². The predicted octanol–water partition coefficient (Wildman–Crippen LogP) is 2.15. The van der Waals surface area contributed by atoms with Crippen LogP contribution < -0.4 is 0 Å². The summed E-state index contributed by atoms with van der Waals surface area (Å²) in [6.07, 6.45) is 0. The van der Waals surface area contributed by atoms with E-state index < -0.39 is 12.6 Å². The maximum Gasteiger partial charge on any atom is 0.344 e. The third-order valence-electron chi connectivity index (χ3n) is 1.97. The molecule has 0 unspecified atom stereocenters. The first-order valence-corrected chi connectivity index (χ1v) is 5.08. The number of rotatable bonds is 5. The molecule has 0 saturated carbocycles. The third-order valence-corrected chi connectivity index (χ3v) is 1.97. The van der Waals surface area contributed by atoms with Gasteiger partial charge in [0.25, 0.3) is 0 Å². The summed E-state index contributed by atoms with van der Waals surface area (Å²) in [5, 5.41) is 12.3. The van der Waals surface area contributed by atoms with Crippen LogP contribution in [0.3, 0.4) is 0 Å². The summed E-state index contributed by atoms with van der Waals surface area (Å²) < 4.78 is 0. The Morgan fingerprint density at radius 3 is 2.50 bits per heavy atom. The molecule has 1 aromatic rings. The molecule has 0 aliphatic rings. The number of carbonyl (C=O) groups is 1. The molecule has 1 N–H and O–H groups in total. The van der Waals surface area contributed by atoms with Gasteiger partial charge in [-0.05, 0) is 11.5 Å². The number of aliphatic carboxylic acids is 1. The highest BCUT2D eigenvalue weighted by Crippen LogP contribution is 2.09. The number of carboxylic acids is 1. The summed E-state index contributed by atoms with van der Waals surface area (Å²) in [5.74, 6) is -0.851. The molecule has 0 bridgehead atoms. The fourth-order valence-corrected chi connectivity index (χ4v) is 1.26. The molecular formula is C12H15NO3. The lowest BCUT2D eigenvalue weighted by Gasteiger charge is -2.09. The van der Waals surface area contributed by atoms with Crippen molar-refractivity contribution >= 4 is 11.7 Å². The Labute approximate surface area is 94.5 Å². The van der Waals surface area contributed by atoms with E-state index >= 15 is 0 Å². The van der Waals surface area contributed by atoms with Gasteiger partial charge in [-0.3, -0.25) is 0 Å². The van der Waals surface area contributed by atoms with Gasteiger partial charge in [-0.1, -0.05) is 49.3 Å². The van der Waals surface area contributed by atoms with E-state index in [4.69, 9.17) is 9.94 Å². The molecule has 0 aliphatic carbocycles. The van der Waals surface area contributed by atoms with Gasteiger partial charge < -0.3 is 9.94 Å². The molecule has 0 aliphatic heterocycles. The summed E-state index contributed by atoms with van der Waals surface area (Å²) in [6.45, 7) is 3.55. The average molecular weight is 221 g/mol. The highest BCUT2D eigenvalue weighted by molar-refractivity contribution is 6.01. The van der Waals surface area contributed by atoms with Gasteiger partial charge >= 0.3 is 5.97 Å². The number of hydrogen-bond donors (Lipinski definition) is 1. The Morgan fingerprint density at radius 2 is 2.00 bits per heavy atom.